The van der Waals surface area contributed by atoms with E-state index in [0.29, 0.717) is 35.2 Å². The second kappa shape index (κ2) is 10.1. The summed E-state index contributed by atoms with van der Waals surface area (Å²) in [6, 6.07) is 8.86. The summed E-state index contributed by atoms with van der Waals surface area (Å²) in [5.41, 5.74) is 7.75. The monoisotopic (exact) mass is 467 g/mol. The molecule has 1 fully saturated rings. The van der Waals surface area contributed by atoms with Gasteiger partial charge < -0.3 is 20.7 Å². The molecule has 0 unspecified atom stereocenters. The van der Waals surface area contributed by atoms with E-state index in [2.05, 4.69) is 22.5 Å². The number of piperidine rings is 1. The first-order valence-corrected chi connectivity index (χ1v) is 11.4. The molecule has 0 aliphatic carbocycles. The van der Waals surface area contributed by atoms with Crippen molar-refractivity contribution in [1.82, 2.24) is 9.88 Å². The van der Waals surface area contributed by atoms with E-state index in [0.717, 1.165) is 18.4 Å². The number of hydrogen-bond donors (Lipinski definition) is 3. The van der Waals surface area contributed by atoms with E-state index >= 15 is 0 Å². The minimum Gasteiger partial charge on any atom is -0.444 e. The molecule has 2 aromatic rings. The van der Waals surface area contributed by atoms with Gasteiger partial charge in [-0.2, -0.15) is 0 Å². The first-order valence-electron chi connectivity index (χ1n) is 11.4. The highest BCUT2D eigenvalue weighted by Crippen LogP contribution is 2.34. The molecule has 0 bridgehead atoms. The van der Waals surface area contributed by atoms with Crippen molar-refractivity contribution in [2.75, 3.05) is 22.9 Å². The van der Waals surface area contributed by atoms with Crippen LogP contribution in [0, 0.1) is 12.8 Å². The Bertz CT molecular complexity index is 1060. The SMILES string of the molecule is Cc1cc(NC(=O)C(=O)N2C[C@@H](C)CC[C@@H]2c2ccc(N)cc2)cnc1NC(=O)OC(C)(C)C. The summed E-state index contributed by atoms with van der Waals surface area (Å²) in [7, 11) is 0. The fraction of sp³-hybridized carbons (Fsp3) is 0.440. The van der Waals surface area contributed by atoms with Crippen molar-refractivity contribution >= 4 is 35.1 Å². The summed E-state index contributed by atoms with van der Waals surface area (Å²) in [5.74, 6) is -0.721. The highest BCUT2D eigenvalue weighted by atomic mass is 16.6. The second-order valence-electron chi connectivity index (χ2n) is 9.79. The molecule has 0 spiro atoms. The zero-order valence-electron chi connectivity index (χ0n) is 20.3. The van der Waals surface area contributed by atoms with Gasteiger partial charge in [0.05, 0.1) is 17.9 Å². The summed E-state index contributed by atoms with van der Waals surface area (Å²) >= 11 is 0. The summed E-state index contributed by atoms with van der Waals surface area (Å²) in [5, 5.41) is 5.22. The van der Waals surface area contributed by atoms with Gasteiger partial charge in [-0.1, -0.05) is 19.1 Å². The maximum atomic E-state index is 13.1. The Hall–Kier alpha value is -3.62. The quantitative estimate of drug-likeness (QED) is 0.457. The summed E-state index contributed by atoms with van der Waals surface area (Å²) < 4.78 is 5.23. The Morgan fingerprint density at radius 2 is 1.79 bits per heavy atom. The number of aryl methyl sites for hydroxylation is 1. The van der Waals surface area contributed by atoms with E-state index in [4.69, 9.17) is 10.5 Å². The average Bonchev–Trinajstić information content (AvgIpc) is 2.74. The molecule has 0 radical (unpaired) electrons. The molecule has 3 rings (SSSR count). The van der Waals surface area contributed by atoms with Crippen LogP contribution in [-0.2, 0) is 14.3 Å². The van der Waals surface area contributed by atoms with Crippen molar-refractivity contribution in [2.24, 2.45) is 5.92 Å². The highest BCUT2D eigenvalue weighted by Gasteiger charge is 2.34. The number of nitrogen functional groups attached to an aromatic ring is 1. The van der Waals surface area contributed by atoms with E-state index in [1.165, 1.54) is 6.20 Å². The Morgan fingerprint density at radius 1 is 1.12 bits per heavy atom. The number of anilines is 3. The van der Waals surface area contributed by atoms with Crippen LogP contribution >= 0.6 is 0 Å². The van der Waals surface area contributed by atoms with Crippen LogP contribution in [0.5, 0.6) is 0 Å². The van der Waals surface area contributed by atoms with Gasteiger partial charge in [0, 0.05) is 12.2 Å². The summed E-state index contributed by atoms with van der Waals surface area (Å²) in [6.45, 7) is 9.61. The third-order valence-electron chi connectivity index (χ3n) is 5.55. The molecule has 3 amide bonds. The van der Waals surface area contributed by atoms with E-state index in [-0.39, 0.29) is 6.04 Å². The standard InChI is InChI=1S/C25H33N5O4/c1-15-6-11-20(17-7-9-18(26)10-8-17)30(14-15)23(32)22(31)28-19-12-16(2)21(27-13-19)29-24(33)34-25(3,4)5/h7-10,12-13,15,20H,6,11,14,26H2,1-5H3,(H,28,31)(H,27,29,33)/t15-,20+/m0/s1. The number of likely N-dealkylation sites (tertiary alicyclic amines) is 1. The lowest BCUT2D eigenvalue weighted by atomic mass is 9.89. The van der Waals surface area contributed by atoms with Crippen LogP contribution in [0.3, 0.4) is 0 Å². The van der Waals surface area contributed by atoms with Gasteiger partial charge in [-0.05, 0) is 75.8 Å². The molecule has 9 nitrogen and oxygen atoms in total. The number of pyridine rings is 1. The maximum Gasteiger partial charge on any atom is 0.413 e. The van der Waals surface area contributed by atoms with Crippen LogP contribution in [0.2, 0.25) is 0 Å². The van der Waals surface area contributed by atoms with Gasteiger partial charge in [0.1, 0.15) is 11.4 Å². The smallest absolute Gasteiger partial charge is 0.413 e. The van der Waals surface area contributed by atoms with Crippen molar-refractivity contribution in [3.05, 3.63) is 47.7 Å². The van der Waals surface area contributed by atoms with Gasteiger partial charge >= 0.3 is 17.9 Å². The van der Waals surface area contributed by atoms with Crippen LogP contribution < -0.4 is 16.4 Å². The second-order valence-corrected chi connectivity index (χ2v) is 9.79. The van der Waals surface area contributed by atoms with Crippen LogP contribution in [-0.4, -0.2) is 39.9 Å². The molecule has 9 heteroatoms. The van der Waals surface area contributed by atoms with Gasteiger partial charge in [-0.3, -0.25) is 14.9 Å². The Morgan fingerprint density at radius 3 is 2.41 bits per heavy atom. The number of hydrogen-bond acceptors (Lipinski definition) is 6. The third kappa shape index (κ3) is 6.46. The minimum atomic E-state index is -0.733. The molecule has 1 aliphatic rings. The number of nitrogens with two attached hydrogens (primary N) is 1. The molecule has 1 aromatic carbocycles. The van der Waals surface area contributed by atoms with Gasteiger partial charge in [0.25, 0.3) is 0 Å². The number of amides is 3. The molecule has 1 aromatic heterocycles. The topological polar surface area (TPSA) is 127 Å². The molecule has 2 heterocycles. The van der Waals surface area contributed by atoms with Crippen LogP contribution in [0.1, 0.15) is 57.7 Å². The Labute approximate surface area is 200 Å². The number of ether oxygens (including phenoxy) is 1. The van der Waals surface area contributed by atoms with E-state index in [1.54, 1.807) is 50.8 Å². The average molecular weight is 468 g/mol. The maximum absolute atomic E-state index is 13.1. The molecule has 2 atom stereocenters. The molecule has 1 aliphatic heterocycles. The predicted octanol–water partition coefficient (Wildman–Crippen LogP) is 4.26. The lowest BCUT2D eigenvalue weighted by Crippen LogP contribution is -2.46. The lowest BCUT2D eigenvalue weighted by Gasteiger charge is -2.38. The number of nitrogens with zero attached hydrogens (tertiary/aromatic N) is 2. The van der Waals surface area contributed by atoms with Crippen molar-refractivity contribution < 1.29 is 19.1 Å². The fourth-order valence-corrected chi connectivity index (χ4v) is 3.93. The van der Waals surface area contributed by atoms with Crippen molar-refractivity contribution in [3.8, 4) is 0 Å². The van der Waals surface area contributed by atoms with Gasteiger partial charge in [0.15, 0.2) is 0 Å². The minimum absolute atomic E-state index is 0.185. The molecule has 4 N–H and O–H groups in total. The van der Waals surface area contributed by atoms with Gasteiger partial charge in [0.2, 0.25) is 0 Å². The summed E-state index contributed by atoms with van der Waals surface area (Å²) in [4.78, 5) is 43.8. The first kappa shape index (κ1) is 25.0. The third-order valence-corrected chi connectivity index (χ3v) is 5.55. The molecule has 34 heavy (non-hydrogen) atoms. The number of benzene rings is 1. The lowest BCUT2D eigenvalue weighted by molar-refractivity contribution is -0.146. The highest BCUT2D eigenvalue weighted by molar-refractivity contribution is 6.39. The summed E-state index contributed by atoms with van der Waals surface area (Å²) in [6.07, 6.45) is 2.51. The molecular weight excluding hydrogens is 434 g/mol. The van der Waals surface area contributed by atoms with Gasteiger partial charge in [-0.15, -0.1) is 0 Å². The van der Waals surface area contributed by atoms with E-state index in [1.807, 2.05) is 12.1 Å². The van der Waals surface area contributed by atoms with Crippen LogP contribution in [0.15, 0.2) is 36.5 Å². The molecule has 182 valence electrons. The van der Waals surface area contributed by atoms with Gasteiger partial charge in [-0.25, -0.2) is 9.78 Å². The van der Waals surface area contributed by atoms with Crippen molar-refractivity contribution in [3.63, 3.8) is 0 Å². The number of aromatic nitrogens is 1. The molecule has 0 saturated carbocycles. The molecule has 1 saturated heterocycles. The Balaban J connectivity index is 1.70. The largest absolute Gasteiger partial charge is 0.444 e. The normalized spacial score (nSPS) is 18.2. The number of nitrogens with one attached hydrogen (secondary N) is 2. The zero-order valence-corrected chi connectivity index (χ0v) is 20.3. The Kier molecular flexibility index (Phi) is 7.44. The molecular formula is C25H33N5O4. The first-order chi connectivity index (χ1) is 15.9. The van der Waals surface area contributed by atoms with Crippen molar-refractivity contribution in [1.29, 1.82) is 0 Å². The fourth-order valence-electron chi connectivity index (χ4n) is 3.93. The number of carbonyl (C=O) groups excluding carboxylic acids is 3. The zero-order chi connectivity index (χ0) is 25.0. The van der Waals surface area contributed by atoms with E-state index in [9.17, 15) is 14.4 Å². The van der Waals surface area contributed by atoms with Crippen molar-refractivity contribution in [2.45, 2.75) is 59.1 Å². The number of carbonyl (C=O) groups is 3. The number of rotatable bonds is 3. The van der Waals surface area contributed by atoms with Crippen LogP contribution in [0.25, 0.3) is 0 Å². The predicted molar refractivity (Wildman–Crippen MR) is 131 cm³/mol. The van der Waals surface area contributed by atoms with Crippen LogP contribution in [0.4, 0.5) is 22.0 Å². The van der Waals surface area contributed by atoms with E-state index < -0.39 is 23.5 Å².